The molecule has 1 unspecified atom stereocenters. The Bertz CT molecular complexity index is 396. The zero-order valence-corrected chi connectivity index (χ0v) is 12.9. The van der Waals surface area contributed by atoms with Gasteiger partial charge in [-0.05, 0) is 44.0 Å². The summed E-state index contributed by atoms with van der Waals surface area (Å²) >= 11 is 0. The van der Waals surface area contributed by atoms with Gasteiger partial charge in [-0.3, -0.25) is 4.90 Å². The molecule has 3 N–H and O–H groups in total. The third-order valence-electron chi connectivity index (χ3n) is 3.48. The minimum absolute atomic E-state index is 0.199. The molecule has 0 aliphatic carbocycles. The predicted octanol–water partition coefficient (Wildman–Crippen LogP) is 2.30. The third-order valence-corrected chi connectivity index (χ3v) is 3.48. The number of rotatable bonds is 9. The largest absolute Gasteiger partial charge is 0.491 e. The molecule has 1 aromatic carbocycles. The van der Waals surface area contributed by atoms with Gasteiger partial charge in [0.05, 0.1) is 18.9 Å². The summed E-state index contributed by atoms with van der Waals surface area (Å²) in [5, 5.41) is 9.07. The summed E-state index contributed by atoms with van der Waals surface area (Å²) < 4.78 is 5.58. The second-order valence-electron chi connectivity index (χ2n) is 5.13. The van der Waals surface area contributed by atoms with Crippen LogP contribution in [0.2, 0.25) is 0 Å². The van der Waals surface area contributed by atoms with Crippen molar-refractivity contribution in [2.24, 2.45) is 0 Å². The van der Waals surface area contributed by atoms with E-state index in [2.05, 4.69) is 31.7 Å². The molecule has 1 aromatic rings. The number of hydrogen-bond acceptors (Lipinski definition) is 4. The molecule has 0 bridgehead atoms. The molecular weight excluding hydrogens is 252 g/mol. The Morgan fingerprint density at radius 3 is 2.65 bits per heavy atom. The van der Waals surface area contributed by atoms with Crippen molar-refractivity contribution in [2.75, 3.05) is 32.0 Å². The topological polar surface area (TPSA) is 58.7 Å². The van der Waals surface area contributed by atoms with Gasteiger partial charge in [-0.2, -0.15) is 0 Å². The quantitative estimate of drug-likeness (QED) is 0.682. The van der Waals surface area contributed by atoms with Crippen molar-refractivity contribution < 1.29 is 9.84 Å². The minimum Gasteiger partial charge on any atom is -0.491 e. The number of aliphatic hydroxyl groups is 1. The van der Waals surface area contributed by atoms with Gasteiger partial charge in [0.1, 0.15) is 5.75 Å². The maximum Gasteiger partial charge on any atom is 0.142 e. The Balaban J connectivity index is 2.66. The standard InChI is InChI=1S/C16H28N2O2/c1-4-10-20-16-7-6-14(12-15(16)17)11-13(3)18(5-2)8-9-19/h6-7,12-13,19H,4-5,8-11,17H2,1-3H3. The van der Waals surface area contributed by atoms with E-state index in [0.29, 0.717) is 24.9 Å². The highest BCUT2D eigenvalue weighted by atomic mass is 16.5. The normalized spacial score (nSPS) is 12.7. The summed E-state index contributed by atoms with van der Waals surface area (Å²) in [6, 6.07) is 6.41. The monoisotopic (exact) mass is 280 g/mol. The van der Waals surface area contributed by atoms with Crippen LogP contribution in [0.25, 0.3) is 0 Å². The van der Waals surface area contributed by atoms with E-state index in [0.717, 1.165) is 25.1 Å². The van der Waals surface area contributed by atoms with E-state index in [1.54, 1.807) is 0 Å². The van der Waals surface area contributed by atoms with Crippen molar-refractivity contribution in [1.82, 2.24) is 4.90 Å². The lowest BCUT2D eigenvalue weighted by Gasteiger charge is -2.27. The number of likely N-dealkylation sites (N-methyl/N-ethyl adjacent to an activating group) is 1. The second kappa shape index (κ2) is 8.82. The summed E-state index contributed by atoms with van der Waals surface area (Å²) in [4.78, 5) is 2.26. The molecular formula is C16H28N2O2. The van der Waals surface area contributed by atoms with Gasteiger partial charge in [0.25, 0.3) is 0 Å². The van der Waals surface area contributed by atoms with Crippen LogP contribution in [0.4, 0.5) is 5.69 Å². The molecule has 114 valence electrons. The first-order valence-corrected chi connectivity index (χ1v) is 7.48. The maximum atomic E-state index is 9.07. The predicted molar refractivity (Wildman–Crippen MR) is 84.1 cm³/mol. The number of benzene rings is 1. The molecule has 0 saturated heterocycles. The molecule has 20 heavy (non-hydrogen) atoms. The summed E-state index contributed by atoms with van der Waals surface area (Å²) in [6.45, 7) is 8.91. The molecule has 0 aliphatic rings. The molecule has 0 aliphatic heterocycles. The van der Waals surface area contributed by atoms with Crippen LogP contribution in [0.1, 0.15) is 32.8 Å². The van der Waals surface area contributed by atoms with E-state index in [1.165, 1.54) is 5.56 Å². The van der Waals surface area contributed by atoms with E-state index in [-0.39, 0.29) is 6.61 Å². The van der Waals surface area contributed by atoms with Gasteiger partial charge in [0, 0.05) is 12.6 Å². The van der Waals surface area contributed by atoms with Crippen LogP contribution in [0.15, 0.2) is 18.2 Å². The Morgan fingerprint density at radius 2 is 2.10 bits per heavy atom. The molecule has 0 fully saturated rings. The van der Waals surface area contributed by atoms with Crippen LogP contribution in [-0.4, -0.2) is 42.4 Å². The van der Waals surface area contributed by atoms with Crippen LogP contribution in [0, 0.1) is 0 Å². The Labute approximate surface area is 122 Å². The molecule has 0 radical (unpaired) electrons. The van der Waals surface area contributed by atoms with E-state index in [9.17, 15) is 0 Å². The van der Waals surface area contributed by atoms with Crippen LogP contribution in [0.3, 0.4) is 0 Å². The lowest BCUT2D eigenvalue weighted by Crippen LogP contribution is -2.36. The lowest BCUT2D eigenvalue weighted by atomic mass is 10.0. The number of ether oxygens (including phenoxy) is 1. The Hall–Kier alpha value is -1.26. The molecule has 0 aromatic heterocycles. The van der Waals surface area contributed by atoms with Gasteiger partial charge >= 0.3 is 0 Å². The average molecular weight is 280 g/mol. The van der Waals surface area contributed by atoms with Crippen molar-refractivity contribution in [1.29, 1.82) is 0 Å². The van der Waals surface area contributed by atoms with Gasteiger partial charge in [0.2, 0.25) is 0 Å². The van der Waals surface area contributed by atoms with Crippen LogP contribution in [0.5, 0.6) is 5.75 Å². The molecule has 0 saturated carbocycles. The highest BCUT2D eigenvalue weighted by Crippen LogP contribution is 2.23. The Kier molecular flexibility index (Phi) is 7.41. The Morgan fingerprint density at radius 1 is 1.35 bits per heavy atom. The van der Waals surface area contributed by atoms with E-state index in [1.807, 2.05) is 12.1 Å². The number of aliphatic hydroxyl groups excluding tert-OH is 1. The van der Waals surface area contributed by atoms with Crippen LogP contribution >= 0.6 is 0 Å². The first-order valence-electron chi connectivity index (χ1n) is 7.48. The number of nitrogens with zero attached hydrogens (tertiary/aromatic N) is 1. The highest BCUT2D eigenvalue weighted by Gasteiger charge is 2.12. The van der Waals surface area contributed by atoms with E-state index < -0.39 is 0 Å². The van der Waals surface area contributed by atoms with E-state index in [4.69, 9.17) is 15.6 Å². The second-order valence-corrected chi connectivity index (χ2v) is 5.13. The maximum absolute atomic E-state index is 9.07. The third kappa shape index (κ3) is 5.02. The first-order chi connectivity index (χ1) is 9.62. The molecule has 4 nitrogen and oxygen atoms in total. The smallest absolute Gasteiger partial charge is 0.142 e. The van der Waals surface area contributed by atoms with Crippen molar-refractivity contribution in [3.8, 4) is 5.75 Å². The number of nitrogen functional groups attached to an aromatic ring is 1. The first kappa shape index (κ1) is 16.8. The fourth-order valence-electron chi connectivity index (χ4n) is 2.36. The number of nitrogens with two attached hydrogens (primary N) is 1. The minimum atomic E-state index is 0.199. The summed E-state index contributed by atoms with van der Waals surface area (Å²) in [7, 11) is 0. The fourth-order valence-corrected chi connectivity index (χ4v) is 2.36. The molecule has 0 amide bonds. The summed E-state index contributed by atoms with van der Waals surface area (Å²) in [6.07, 6.45) is 1.90. The van der Waals surface area contributed by atoms with Gasteiger partial charge < -0.3 is 15.6 Å². The van der Waals surface area contributed by atoms with Crippen molar-refractivity contribution in [3.63, 3.8) is 0 Å². The number of anilines is 1. The van der Waals surface area contributed by atoms with Gasteiger partial charge in [-0.15, -0.1) is 0 Å². The zero-order chi connectivity index (χ0) is 15.0. The molecule has 4 heteroatoms. The number of hydrogen-bond donors (Lipinski definition) is 2. The van der Waals surface area contributed by atoms with Crippen LogP contribution in [-0.2, 0) is 6.42 Å². The lowest BCUT2D eigenvalue weighted by molar-refractivity contribution is 0.164. The molecule has 0 spiro atoms. The fraction of sp³-hybridized carbons (Fsp3) is 0.625. The van der Waals surface area contributed by atoms with Crippen molar-refractivity contribution in [3.05, 3.63) is 23.8 Å². The molecule has 0 heterocycles. The van der Waals surface area contributed by atoms with Gasteiger partial charge in [0.15, 0.2) is 0 Å². The molecule has 1 rings (SSSR count). The SMILES string of the molecule is CCCOc1ccc(CC(C)N(CC)CCO)cc1N. The van der Waals surface area contributed by atoms with Crippen molar-refractivity contribution >= 4 is 5.69 Å². The van der Waals surface area contributed by atoms with Gasteiger partial charge in [-0.1, -0.05) is 19.9 Å². The highest BCUT2D eigenvalue weighted by molar-refractivity contribution is 5.54. The van der Waals surface area contributed by atoms with Crippen LogP contribution < -0.4 is 10.5 Å². The average Bonchev–Trinajstić information content (AvgIpc) is 2.43. The molecule has 1 atom stereocenters. The van der Waals surface area contributed by atoms with Crippen molar-refractivity contribution in [2.45, 2.75) is 39.7 Å². The summed E-state index contributed by atoms with van der Waals surface area (Å²) in [5.74, 6) is 0.769. The summed E-state index contributed by atoms with van der Waals surface area (Å²) in [5.41, 5.74) is 7.93. The van der Waals surface area contributed by atoms with E-state index >= 15 is 0 Å². The van der Waals surface area contributed by atoms with Gasteiger partial charge in [-0.25, -0.2) is 0 Å². The zero-order valence-electron chi connectivity index (χ0n) is 12.9.